The molecule has 1 aromatic carbocycles. The van der Waals surface area contributed by atoms with Crippen molar-refractivity contribution in [1.82, 2.24) is 14.7 Å². The van der Waals surface area contributed by atoms with Crippen LogP contribution < -0.4 is 0 Å². The van der Waals surface area contributed by atoms with E-state index in [1.165, 1.54) is 0 Å². The van der Waals surface area contributed by atoms with Gasteiger partial charge in [-0.15, -0.1) is 0 Å². The number of carbonyl (C=O) groups excluding carboxylic acids is 2. The van der Waals surface area contributed by atoms with Crippen LogP contribution in [0.15, 0.2) is 24.3 Å². The van der Waals surface area contributed by atoms with Gasteiger partial charge in [0.25, 0.3) is 0 Å². The van der Waals surface area contributed by atoms with Crippen molar-refractivity contribution in [3.05, 3.63) is 35.4 Å². The molecule has 2 aliphatic rings. The highest BCUT2D eigenvalue weighted by Crippen LogP contribution is 2.31. The summed E-state index contributed by atoms with van der Waals surface area (Å²) in [7, 11) is 1.91. The average molecular weight is 340 g/mol. The lowest BCUT2D eigenvalue weighted by molar-refractivity contribution is -0.140. The maximum absolute atomic E-state index is 12.5. The Kier molecular flexibility index (Phi) is 5.34. The second-order valence-corrected chi connectivity index (χ2v) is 6.96. The zero-order chi connectivity index (χ0) is 17.8. The molecule has 1 saturated heterocycles. The van der Waals surface area contributed by atoms with E-state index in [1.54, 1.807) is 6.07 Å². The Morgan fingerprint density at radius 2 is 1.88 bits per heavy atom. The van der Waals surface area contributed by atoms with Gasteiger partial charge in [0.15, 0.2) is 0 Å². The number of hydrogen-bond donors (Lipinski definition) is 0. The third-order valence-corrected chi connectivity index (χ3v) is 4.78. The first-order valence-electron chi connectivity index (χ1n) is 8.81. The third-order valence-electron chi connectivity index (χ3n) is 4.78. The van der Waals surface area contributed by atoms with Crippen LogP contribution in [0.25, 0.3) is 0 Å². The summed E-state index contributed by atoms with van der Waals surface area (Å²) in [6.45, 7) is 3.50. The van der Waals surface area contributed by atoms with E-state index in [0.717, 1.165) is 18.4 Å². The van der Waals surface area contributed by atoms with Gasteiger partial charge >= 0.3 is 0 Å². The van der Waals surface area contributed by atoms with Gasteiger partial charge in [-0.2, -0.15) is 5.26 Å². The van der Waals surface area contributed by atoms with Crippen LogP contribution in [-0.2, 0) is 16.1 Å². The van der Waals surface area contributed by atoms with E-state index in [-0.39, 0.29) is 17.7 Å². The number of likely N-dealkylation sites (N-methyl/N-ethyl adjacent to an activating group) is 1. The van der Waals surface area contributed by atoms with Crippen LogP contribution in [0.3, 0.4) is 0 Å². The highest BCUT2D eigenvalue weighted by Gasteiger charge is 2.35. The fraction of sp³-hybridized carbons (Fsp3) is 0.526. The van der Waals surface area contributed by atoms with Crippen molar-refractivity contribution in [2.75, 3.05) is 39.8 Å². The van der Waals surface area contributed by atoms with Gasteiger partial charge in [0.05, 0.1) is 18.2 Å². The van der Waals surface area contributed by atoms with Gasteiger partial charge in [-0.3, -0.25) is 14.5 Å². The van der Waals surface area contributed by atoms with Crippen molar-refractivity contribution in [3.63, 3.8) is 0 Å². The van der Waals surface area contributed by atoms with Crippen LogP contribution in [0, 0.1) is 17.2 Å². The molecule has 0 radical (unpaired) electrons. The molecule has 1 aliphatic carbocycles. The molecule has 0 unspecified atom stereocenters. The molecule has 1 heterocycles. The number of benzene rings is 1. The lowest BCUT2D eigenvalue weighted by Gasteiger charge is -2.35. The Bertz CT molecular complexity index is 685. The molecule has 1 aliphatic heterocycles. The Balaban J connectivity index is 1.45. The lowest BCUT2D eigenvalue weighted by Crippen LogP contribution is -2.52. The molecular weight excluding hydrogens is 316 g/mol. The first kappa shape index (κ1) is 17.4. The maximum Gasteiger partial charge on any atom is 0.236 e. The van der Waals surface area contributed by atoms with E-state index in [1.807, 2.05) is 39.9 Å². The largest absolute Gasteiger partial charge is 0.339 e. The van der Waals surface area contributed by atoms with E-state index < -0.39 is 0 Å². The maximum atomic E-state index is 12.5. The normalized spacial score (nSPS) is 17.5. The average Bonchev–Trinajstić information content (AvgIpc) is 3.46. The Morgan fingerprint density at radius 3 is 2.52 bits per heavy atom. The first-order valence-corrected chi connectivity index (χ1v) is 8.81. The Morgan fingerprint density at radius 1 is 1.20 bits per heavy atom. The second-order valence-electron chi connectivity index (χ2n) is 6.96. The fourth-order valence-corrected chi connectivity index (χ4v) is 3.20. The van der Waals surface area contributed by atoms with Gasteiger partial charge in [-0.05, 0) is 37.6 Å². The summed E-state index contributed by atoms with van der Waals surface area (Å²) in [4.78, 5) is 30.2. The number of nitrogens with zero attached hydrogens (tertiary/aromatic N) is 4. The number of nitriles is 1. The molecule has 2 fully saturated rings. The van der Waals surface area contributed by atoms with Crippen molar-refractivity contribution in [2.24, 2.45) is 5.92 Å². The summed E-state index contributed by atoms with van der Waals surface area (Å²) in [5, 5.41) is 8.96. The molecule has 25 heavy (non-hydrogen) atoms. The molecule has 0 bridgehead atoms. The zero-order valence-electron chi connectivity index (χ0n) is 14.6. The summed E-state index contributed by atoms with van der Waals surface area (Å²) < 4.78 is 0. The molecule has 3 rings (SSSR count). The van der Waals surface area contributed by atoms with E-state index >= 15 is 0 Å². The van der Waals surface area contributed by atoms with Crippen LogP contribution in [0.5, 0.6) is 0 Å². The number of rotatable bonds is 5. The highest BCUT2D eigenvalue weighted by molar-refractivity contribution is 5.82. The minimum atomic E-state index is 0.0949. The van der Waals surface area contributed by atoms with Crippen molar-refractivity contribution in [2.45, 2.75) is 19.4 Å². The number of piperazine rings is 1. The van der Waals surface area contributed by atoms with Crippen LogP contribution in [0.2, 0.25) is 0 Å². The van der Waals surface area contributed by atoms with Crippen molar-refractivity contribution in [1.29, 1.82) is 5.26 Å². The highest BCUT2D eigenvalue weighted by atomic mass is 16.2. The Labute approximate surface area is 148 Å². The van der Waals surface area contributed by atoms with E-state index in [4.69, 9.17) is 5.26 Å². The van der Waals surface area contributed by atoms with Crippen LogP contribution >= 0.6 is 0 Å². The molecule has 0 atom stereocenters. The standard InChI is InChI=1S/C19H24N4O2/c1-21(13-16-4-2-3-15(11-16)12-20)14-18(24)22-7-9-23(10-8-22)19(25)17-5-6-17/h2-4,11,17H,5-10,13-14H2,1H3. The first-order chi connectivity index (χ1) is 12.1. The summed E-state index contributed by atoms with van der Waals surface area (Å²) >= 11 is 0. The molecule has 1 saturated carbocycles. The summed E-state index contributed by atoms with van der Waals surface area (Å²) in [6.07, 6.45) is 2.05. The monoisotopic (exact) mass is 340 g/mol. The molecule has 0 spiro atoms. The molecule has 2 amide bonds. The van der Waals surface area contributed by atoms with Gasteiger partial charge in [0.2, 0.25) is 11.8 Å². The quantitative estimate of drug-likeness (QED) is 0.804. The van der Waals surface area contributed by atoms with E-state index in [0.29, 0.717) is 44.8 Å². The molecule has 1 aromatic rings. The molecule has 0 aromatic heterocycles. The van der Waals surface area contributed by atoms with Crippen LogP contribution in [-0.4, -0.2) is 66.3 Å². The van der Waals surface area contributed by atoms with Crippen molar-refractivity contribution < 1.29 is 9.59 Å². The fourth-order valence-electron chi connectivity index (χ4n) is 3.20. The van der Waals surface area contributed by atoms with E-state index in [9.17, 15) is 9.59 Å². The minimum absolute atomic E-state index is 0.0949. The second kappa shape index (κ2) is 7.66. The zero-order valence-corrected chi connectivity index (χ0v) is 14.6. The molecule has 6 heteroatoms. The predicted molar refractivity (Wildman–Crippen MR) is 93.4 cm³/mol. The van der Waals surface area contributed by atoms with Crippen LogP contribution in [0.4, 0.5) is 0 Å². The molecule has 132 valence electrons. The third kappa shape index (κ3) is 4.58. The smallest absolute Gasteiger partial charge is 0.236 e. The number of carbonyl (C=O) groups is 2. The van der Waals surface area contributed by atoms with Crippen molar-refractivity contribution in [3.8, 4) is 6.07 Å². The molecule has 6 nitrogen and oxygen atoms in total. The van der Waals surface area contributed by atoms with E-state index in [2.05, 4.69) is 6.07 Å². The summed E-state index contributed by atoms with van der Waals surface area (Å²) in [5.41, 5.74) is 1.66. The van der Waals surface area contributed by atoms with Gasteiger partial charge in [0.1, 0.15) is 0 Å². The number of amides is 2. The van der Waals surface area contributed by atoms with Gasteiger partial charge in [-0.25, -0.2) is 0 Å². The number of hydrogen-bond acceptors (Lipinski definition) is 4. The predicted octanol–water partition coefficient (Wildman–Crippen LogP) is 1.07. The van der Waals surface area contributed by atoms with Crippen LogP contribution in [0.1, 0.15) is 24.0 Å². The lowest BCUT2D eigenvalue weighted by atomic mass is 10.1. The molecular formula is C19H24N4O2. The van der Waals surface area contributed by atoms with Gasteiger partial charge in [-0.1, -0.05) is 12.1 Å². The Hall–Kier alpha value is -2.39. The summed E-state index contributed by atoms with van der Waals surface area (Å²) in [5.74, 6) is 0.608. The minimum Gasteiger partial charge on any atom is -0.339 e. The van der Waals surface area contributed by atoms with Gasteiger partial charge in [0, 0.05) is 38.6 Å². The topological polar surface area (TPSA) is 67.7 Å². The SMILES string of the molecule is CN(CC(=O)N1CCN(C(=O)C2CC2)CC1)Cc1cccc(C#N)c1. The van der Waals surface area contributed by atoms with Gasteiger partial charge < -0.3 is 9.80 Å². The summed E-state index contributed by atoms with van der Waals surface area (Å²) in [6, 6.07) is 9.58. The molecule has 0 N–H and O–H groups in total. The van der Waals surface area contributed by atoms with Crippen molar-refractivity contribution >= 4 is 11.8 Å².